The molecule has 84 valence electrons. The average Bonchev–Trinajstić information content (AvgIpc) is 2.72. The van der Waals surface area contributed by atoms with Gasteiger partial charge in [-0.15, -0.1) is 0 Å². The second kappa shape index (κ2) is 3.90. The molecule has 0 amide bonds. The van der Waals surface area contributed by atoms with E-state index in [1.165, 1.54) is 5.56 Å². The number of pyridine rings is 1. The van der Waals surface area contributed by atoms with Gasteiger partial charge in [-0.2, -0.15) is 0 Å². The number of halogens is 1. The van der Waals surface area contributed by atoms with E-state index >= 15 is 0 Å². The molecule has 3 aromatic rings. The molecule has 0 fully saturated rings. The van der Waals surface area contributed by atoms with E-state index in [4.69, 9.17) is 11.6 Å². The Labute approximate surface area is 104 Å². The number of aromatic nitrogens is 2. The number of rotatable bonds is 1. The predicted octanol–water partition coefficient (Wildman–Crippen LogP) is 3.96. The average molecular weight is 243 g/mol. The molecule has 0 radical (unpaired) electrons. The molecule has 0 atom stereocenters. The van der Waals surface area contributed by atoms with Crippen molar-refractivity contribution in [1.82, 2.24) is 9.38 Å². The van der Waals surface area contributed by atoms with Crippen LogP contribution in [0.2, 0.25) is 5.02 Å². The molecule has 0 aliphatic heterocycles. The van der Waals surface area contributed by atoms with Crippen molar-refractivity contribution in [3.8, 4) is 11.3 Å². The fourth-order valence-electron chi connectivity index (χ4n) is 1.90. The summed E-state index contributed by atoms with van der Waals surface area (Å²) in [5.74, 6) is 0. The number of hydrogen-bond acceptors (Lipinski definition) is 1. The molecule has 0 aliphatic rings. The molecule has 1 aromatic carbocycles. The van der Waals surface area contributed by atoms with Gasteiger partial charge in [0.05, 0.1) is 10.7 Å². The molecule has 0 spiro atoms. The molecule has 0 N–H and O–H groups in total. The van der Waals surface area contributed by atoms with E-state index in [0.29, 0.717) is 0 Å². The highest BCUT2D eigenvalue weighted by atomic mass is 35.5. The Morgan fingerprint density at radius 3 is 2.71 bits per heavy atom. The molecule has 0 unspecified atom stereocenters. The largest absolute Gasteiger partial charge is 0.306 e. The monoisotopic (exact) mass is 242 g/mol. The lowest BCUT2D eigenvalue weighted by Gasteiger charge is -1.97. The minimum atomic E-state index is 0.729. The summed E-state index contributed by atoms with van der Waals surface area (Å²) in [6.07, 6.45) is 4.06. The zero-order valence-corrected chi connectivity index (χ0v) is 10.1. The Kier molecular flexibility index (Phi) is 2.37. The van der Waals surface area contributed by atoms with Crippen LogP contribution in [0, 0.1) is 6.92 Å². The van der Waals surface area contributed by atoms with Crippen LogP contribution < -0.4 is 0 Å². The fraction of sp³-hybridized carbons (Fsp3) is 0.0714. The first-order valence-electron chi connectivity index (χ1n) is 5.44. The summed E-state index contributed by atoms with van der Waals surface area (Å²) in [6.45, 7) is 2.06. The molecule has 0 bridgehead atoms. The summed E-state index contributed by atoms with van der Waals surface area (Å²) in [7, 11) is 0. The molecule has 3 heteroatoms. The second-order valence-corrected chi connectivity index (χ2v) is 4.49. The van der Waals surface area contributed by atoms with E-state index in [0.717, 1.165) is 21.9 Å². The highest BCUT2D eigenvalue weighted by molar-refractivity contribution is 6.33. The fourth-order valence-corrected chi connectivity index (χ4v) is 2.13. The Hall–Kier alpha value is -1.80. The van der Waals surface area contributed by atoms with E-state index in [9.17, 15) is 0 Å². The maximum Gasteiger partial charge on any atom is 0.137 e. The molecule has 2 heterocycles. The number of nitrogens with zero attached hydrogens (tertiary/aromatic N) is 2. The predicted molar refractivity (Wildman–Crippen MR) is 70.4 cm³/mol. The van der Waals surface area contributed by atoms with Gasteiger partial charge in [-0.25, -0.2) is 4.98 Å². The van der Waals surface area contributed by atoms with Crippen LogP contribution in [-0.4, -0.2) is 9.38 Å². The van der Waals surface area contributed by atoms with Crippen LogP contribution in [0.25, 0.3) is 16.9 Å². The van der Waals surface area contributed by atoms with Crippen molar-refractivity contribution in [1.29, 1.82) is 0 Å². The molecule has 3 rings (SSSR count). The van der Waals surface area contributed by atoms with Gasteiger partial charge in [0.1, 0.15) is 5.65 Å². The number of aryl methyl sites for hydroxylation is 1. The number of fused-ring (bicyclic) bond motifs is 1. The van der Waals surface area contributed by atoms with Crippen LogP contribution in [0.15, 0.2) is 48.8 Å². The molecular weight excluding hydrogens is 232 g/mol. The third-order valence-electron chi connectivity index (χ3n) is 2.75. The summed E-state index contributed by atoms with van der Waals surface area (Å²) >= 11 is 6.17. The highest BCUT2D eigenvalue weighted by Gasteiger charge is 2.07. The van der Waals surface area contributed by atoms with Crippen molar-refractivity contribution in [2.75, 3.05) is 0 Å². The van der Waals surface area contributed by atoms with E-state index in [-0.39, 0.29) is 0 Å². The van der Waals surface area contributed by atoms with Crippen molar-refractivity contribution >= 4 is 17.2 Å². The lowest BCUT2D eigenvalue weighted by Crippen LogP contribution is -1.82. The van der Waals surface area contributed by atoms with Crippen molar-refractivity contribution in [2.24, 2.45) is 0 Å². The van der Waals surface area contributed by atoms with Gasteiger partial charge in [0.2, 0.25) is 0 Å². The Morgan fingerprint density at radius 1 is 1.06 bits per heavy atom. The standard InChI is InChI=1S/C14H11ClN2/c1-10-6-7-14-16-13(9-17(14)8-10)11-4-2-3-5-12(11)15/h2-9H,1H3. The summed E-state index contributed by atoms with van der Waals surface area (Å²) in [6, 6.07) is 11.8. The quantitative estimate of drug-likeness (QED) is 0.631. The van der Waals surface area contributed by atoms with Crippen molar-refractivity contribution in [2.45, 2.75) is 6.92 Å². The van der Waals surface area contributed by atoms with Crippen LogP contribution >= 0.6 is 11.6 Å². The van der Waals surface area contributed by atoms with Crippen LogP contribution in [0.4, 0.5) is 0 Å². The van der Waals surface area contributed by atoms with Crippen LogP contribution in [0.1, 0.15) is 5.56 Å². The number of hydrogen-bond donors (Lipinski definition) is 0. The molecule has 0 saturated heterocycles. The number of benzene rings is 1. The SMILES string of the molecule is Cc1ccc2nc(-c3ccccc3Cl)cn2c1. The zero-order valence-electron chi connectivity index (χ0n) is 9.39. The van der Waals surface area contributed by atoms with Gasteiger partial charge < -0.3 is 4.40 Å². The Balaban J connectivity index is 2.22. The van der Waals surface area contributed by atoms with Crippen molar-refractivity contribution in [3.63, 3.8) is 0 Å². The summed E-state index contributed by atoms with van der Waals surface area (Å²) in [5.41, 5.74) is 4.02. The lowest BCUT2D eigenvalue weighted by atomic mass is 10.2. The molecule has 2 nitrogen and oxygen atoms in total. The smallest absolute Gasteiger partial charge is 0.137 e. The van der Waals surface area contributed by atoms with Gasteiger partial charge in [0.25, 0.3) is 0 Å². The maximum atomic E-state index is 6.17. The first-order valence-corrected chi connectivity index (χ1v) is 5.82. The zero-order chi connectivity index (χ0) is 11.8. The van der Waals surface area contributed by atoms with Crippen LogP contribution in [0.5, 0.6) is 0 Å². The third kappa shape index (κ3) is 1.81. The molecule has 17 heavy (non-hydrogen) atoms. The van der Waals surface area contributed by atoms with E-state index < -0.39 is 0 Å². The van der Waals surface area contributed by atoms with Crippen molar-refractivity contribution in [3.05, 3.63) is 59.4 Å². The number of imidazole rings is 1. The van der Waals surface area contributed by atoms with Gasteiger partial charge in [0, 0.05) is 18.0 Å². The summed E-state index contributed by atoms with van der Waals surface area (Å²) in [5, 5.41) is 0.729. The van der Waals surface area contributed by atoms with Gasteiger partial charge >= 0.3 is 0 Å². The minimum absolute atomic E-state index is 0.729. The Morgan fingerprint density at radius 2 is 1.88 bits per heavy atom. The van der Waals surface area contributed by atoms with E-state index in [1.54, 1.807) is 0 Å². The maximum absolute atomic E-state index is 6.17. The second-order valence-electron chi connectivity index (χ2n) is 4.08. The first kappa shape index (κ1) is 10.4. The van der Waals surface area contributed by atoms with Gasteiger partial charge in [-0.05, 0) is 24.6 Å². The lowest BCUT2D eigenvalue weighted by molar-refractivity contribution is 1.16. The first-order chi connectivity index (χ1) is 8.24. The summed E-state index contributed by atoms with van der Waals surface area (Å²) < 4.78 is 2.02. The Bertz CT molecular complexity index is 686. The van der Waals surface area contributed by atoms with Gasteiger partial charge in [-0.3, -0.25) is 0 Å². The third-order valence-corrected chi connectivity index (χ3v) is 3.08. The van der Waals surface area contributed by atoms with Gasteiger partial charge in [0.15, 0.2) is 0 Å². The molecule has 2 aromatic heterocycles. The highest BCUT2D eigenvalue weighted by Crippen LogP contribution is 2.26. The molecular formula is C14H11ClN2. The minimum Gasteiger partial charge on any atom is -0.306 e. The normalized spacial score (nSPS) is 10.9. The topological polar surface area (TPSA) is 17.3 Å². The van der Waals surface area contributed by atoms with E-state index in [1.807, 2.05) is 40.9 Å². The van der Waals surface area contributed by atoms with Gasteiger partial charge in [-0.1, -0.05) is 35.9 Å². The van der Waals surface area contributed by atoms with Crippen LogP contribution in [0.3, 0.4) is 0 Å². The van der Waals surface area contributed by atoms with Crippen LogP contribution in [-0.2, 0) is 0 Å². The molecule has 0 aliphatic carbocycles. The van der Waals surface area contributed by atoms with Crippen molar-refractivity contribution < 1.29 is 0 Å². The van der Waals surface area contributed by atoms with E-state index in [2.05, 4.69) is 24.2 Å². The summed E-state index contributed by atoms with van der Waals surface area (Å²) in [4.78, 5) is 4.56. The molecule has 0 saturated carbocycles.